The lowest BCUT2D eigenvalue weighted by molar-refractivity contribution is -0.163. The minimum absolute atomic E-state index is 0.00624. The molecule has 1 aliphatic rings. The quantitative estimate of drug-likeness (QED) is 0.391. The van der Waals surface area contributed by atoms with Gasteiger partial charge in [-0.3, -0.25) is 28.8 Å². The molecule has 0 bridgehead atoms. The van der Waals surface area contributed by atoms with Crippen LogP contribution in [0.4, 0.5) is 0 Å². The van der Waals surface area contributed by atoms with Crippen LogP contribution in [0.15, 0.2) is 42.5 Å². The first kappa shape index (κ1) is 29.2. The van der Waals surface area contributed by atoms with Gasteiger partial charge < -0.3 is 19.9 Å². The molecular weight excluding hydrogens is 508 g/mol. The summed E-state index contributed by atoms with van der Waals surface area (Å²) in [6, 6.07) is 9.41. The van der Waals surface area contributed by atoms with Crippen LogP contribution >= 0.6 is 0 Å². The van der Waals surface area contributed by atoms with Crippen molar-refractivity contribution in [2.75, 3.05) is 7.11 Å². The van der Waals surface area contributed by atoms with Gasteiger partial charge in [0.15, 0.2) is 5.69 Å². The zero-order chi connectivity index (χ0) is 28.9. The highest BCUT2D eigenvalue weighted by Crippen LogP contribution is 2.28. The van der Waals surface area contributed by atoms with Gasteiger partial charge in [-0.1, -0.05) is 51.1 Å². The molecule has 206 valence electrons. The van der Waals surface area contributed by atoms with E-state index in [9.17, 15) is 33.9 Å². The largest absolute Gasteiger partial charge is 0.505 e. The molecule has 11 nitrogen and oxygen atoms in total. The van der Waals surface area contributed by atoms with Crippen LogP contribution in [0, 0.1) is 17.8 Å². The molecule has 2 N–H and O–H groups in total. The number of aromatic hydroxyl groups is 1. The van der Waals surface area contributed by atoms with Crippen LogP contribution in [0.25, 0.3) is 0 Å². The third-order valence-electron chi connectivity index (χ3n) is 6.46. The zero-order valence-corrected chi connectivity index (χ0v) is 22.0. The molecule has 2 aromatic rings. The minimum Gasteiger partial charge on any atom is -0.505 e. The average Bonchev–Trinajstić information content (AvgIpc) is 2.94. The number of ether oxygens (including phenoxy) is 2. The van der Waals surface area contributed by atoms with E-state index in [1.807, 2.05) is 0 Å². The number of benzene rings is 1. The normalized spacial score (nSPS) is 22.1. The summed E-state index contributed by atoms with van der Waals surface area (Å²) in [4.78, 5) is 82.5. The van der Waals surface area contributed by atoms with Crippen LogP contribution in [0.1, 0.15) is 43.2 Å². The molecule has 11 heteroatoms. The van der Waals surface area contributed by atoms with Crippen LogP contribution in [-0.4, -0.2) is 64.4 Å². The maximum Gasteiger partial charge on any atom is 0.308 e. The van der Waals surface area contributed by atoms with E-state index in [2.05, 4.69) is 10.3 Å². The first-order chi connectivity index (χ1) is 18.4. The molecule has 1 aromatic carbocycles. The number of nitrogens with one attached hydrogen (secondary N) is 1. The Bertz CT molecular complexity index is 1290. The van der Waals surface area contributed by atoms with E-state index in [0.29, 0.717) is 5.56 Å². The number of pyridine rings is 1. The van der Waals surface area contributed by atoms with Crippen molar-refractivity contribution in [1.29, 1.82) is 0 Å². The monoisotopic (exact) mass is 538 g/mol. The van der Waals surface area contributed by atoms with Crippen molar-refractivity contribution in [2.24, 2.45) is 17.8 Å². The number of hydrogen-bond acceptors (Lipinski definition) is 10. The second-order valence-electron chi connectivity index (χ2n) is 9.61. The molecule has 0 spiro atoms. The van der Waals surface area contributed by atoms with Gasteiger partial charge in [-0.05, 0) is 18.1 Å². The number of amides is 1. The molecular formula is C28H30N2O9. The molecule has 0 unspecified atom stereocenters. The van der Waals surface area contributed by atoms with E-state index >= 15 is 0 Å². The van der Waals surface area contributed by atoms with Crippen LogP contribution in [-0.2, 0) is 35.1 Å². The number of esters is 1. The third-order valence-corrected chi connectivity index (χ3v) is 6.46. The lowest BCUT2D eigenvalue weighted by atomic mass is 9.81. The Labute approximate surface area is 224 Å². The predicted octanol–water partition coefficient (Wildman–Crippen LogP) is 1.64. The summed E-state index contributed by atoms with van der Waals surface area (Å²) in [6.07, 6.45) is -2.22. The van der Waals surface area contributed by atoms with Crippen molar-refractivity contribution in [2.45, 2.75) is 45.8 Å². The Kier molecular flexibility index (Phi) is 9.29. The number of ketones is 4. The smallest absolute Gasteiger partial charge is 0.308 e. The number of carbonyl (C=O) groups is 6. The Balaban J connectivity index is 2.00. The molecule has 1 heterocycles. The van der Waals surface area contributed by atoms with E-state index in [1.165, 1.54) is 20.1 Å². The Hall–Kier alpha value is -4.41. The number of hydrogen-bond donors (Lipinski definition) is 2. The first-order valence-electron chi connectivity index (χ1n) is 12.4. The fourth-order valence-corrected chi connectivity index (χ4v) is 4.22. The molecule has 1 aromatic heterocycles. The molecule has 0 aliphatic heterocycles. The lowest BCUT2D eigenvalue weighted by Gasteiger charge is -2.29. The molecule has 39 heavy (non-hydrogen) atoms. The topological polar surface area (TPSA) is 166 Å². The van der Waals surface area contributed by atoms with Crippen molar-refractivity contribution in [3.05, 3.63) is 53.7 Å². The van der Waals surface area contributed by atoms with E-state index in [4.69, 9.17) is 9.47 Å². The van der Waals surface area contributed by atoms with Gasteiger partial charge in [0.05, 0.1) is 24.9 Å². The molecule has 4 atom stereocenters. The van der Waals surface area contributed by atoms with Gasteiger partial charge in [-0.25, -0.2) is 4.98 Å². The summed E-state index contributed by atoms with van der Waals surface area (Å²) in [7, 11) is 1.29. The van der Waals surface area contributed by atoms with E-state index in [0.717, 1.165) is 6.07 Å². The number of Topliss-reactive ketones (excluding diaryl/α,β-unsaturated/α-hetero) is 4. The maximum absolute atomic E-state index is 13.5. The van der Waals surface area contributed by atoms with Gasteiger partial charge in [0.2, 0.25) is 29.0 Å². The van der Waals surface area contributed by atoms with Gasteiger partial charge in [-0.15, -0.1) is 0 Å². The van der Waals surface area contributed by atoms with E-state index < -0.39 is 82.8 Å². The number of methoxy groups -OCH3 is 1. The molecule has 0 radical (unpaired) electrons. The number of aromatic nitrogens is 1. The van der Waals surface area contributed by atoms with Crippen molar-refractivity contribution in [3.8, 4) is 11.6 Å². The van der Waals surface area contributed by atoms with Gasteiger partial charge in [0.25, 0.3) is 5.91 Å². The molecule has 1 saturated carbocycles. The van der Waals surface area contributed by atoms with Gasteiger partial charge in [-0.2, -0.15) is 0 Å². The molecule has 1 aliphatic carbocycles. The van der Waals surface area contributed by atoms with Gasteiger partial charge in [0, 0.05) is 12.5 Å². The van der Waals surface area contributed by atoms with E-state index in [1.54, 1.807) is 44.2 Å². The highest BCUT2D eigenvalue weighted by atomic mass is 16.5. The molecule has 0 saturated heterocycles. The standard InChI is InChI=1S/C28H30N2O9/c1-14(2)28(37)39-26-15(3)23(33)25(35)18(29-27(36)22-19(31)10-11-21(30-22)38-4)13-20(32)24(34)17(26)12-16-8-6-5-7-9-16/h5-11,14-15,17-18,26,31H,12-13H2,1-4H3,(H,29,36)/t15-,17+,18+,26-/m1/s1. The second kappa shape index (κ2) is 12.4. The van der Waals surface area contributed by atoms with Crippen molar-refractivity contribution in [3.63, 3.8) is 0 Å². The fourth-order valence-electron chi connectivity index (χ4n) is 4.22. The highest BCUT2D eigenvalue weighted by Gasteiger charge is 2.46. The molecule has 1 fully saturated rings. The van der Waals surface area contributed by atoms with Crippen LogP contribution in [0.3, 0.4) is 0 Å². The zero-order valence-electron chi connectivity index (χ0n) is 22.0. The maximum atomic E-state index is 13.5. The summed E-state index contributed by atoms with van der Waals surface area (Å²) in [5.41, 5.74) is 0.149. The average molecular weight is 539 g/mol. The Morgan fingerprint density at radius 2 is 1.69 bits per heavy atom. The predicted molar refractivity (Wildman–Crippen MR) is 136 cm³/mol. The number of carbonyl (C=O) groups excluding carboxylic acids is 6. The van der Waals surface area contributed by atoms with Crippen LogP contribution < -0.4 is 10.1 Å². The Morgan fingerprint density at radius 1 is 1.03 bits per heavy atom. The highest BCUT2D eigenvalue weighted by molar-refractivity contribution is 6.44. The SMILES string of the molecule is COc1ccc(O)c(C(=O)N[C@H]2CC(=O)C(=O)[C@H](Cc3ccccc3)[C@H](OC(=O)C(C)C)[C@H](C)C(=O)C2=O)n1. The van der Waals surface area contributed by atoms with Crippen molar-refractivity contribution >= 4 is 35.0 Å². The Morgan fingerprint density at radius 3 is 2.31 bits per heavy atom. The summed E-state index contributed by atoms with van der Waals surface area (Å²) in [5, 5.41) is 12.3. The third kappa shape index (κ3) is 6.73. The first-order valence-corrected chi connectivity index (χ1v) is 12.4. The minimum atomic E-state index is -1.71. The van der Waals surface area contributed by atoms with Crippen molar-refractivity contribution in [1.82, 2.24) is 10.3 Å². The summed E-state index contributed by atoms with van der Waals surface area (Å²) in [5.74, 6) is -9.57. The number of rotatable bonds is 7. The summed E-state index contributed by atoms with van der Waals surface area (Å²) >= 11 is 0. The second-order valence-corrected chi connectivity index (χ2v) is 9.61. The molecule has 3 rings (SSSR count). The van der Waals surface area contributed by atoms with Gasteiger partial charge in [0.1, 0.15) is 17.9 Å². The lowest BCUT2D eigenvalue weighted by Crippen LogP contribution is -2.47. The molecule has 1 amide bonds. The van der Waals surface area contributed by atoms with Crippen molar-refractivity contribution < 1.29 is 43.3 Å². The summed E-state index contributed by atoms with van der Waals surface area (Å²) < 4.78 is 10.5. The van der Waals surface area contributed by atoms with Crippen LogP contribution in [0.5, 0.6) is 11.6 Å². The number of nitrogens with zero attached hydrogens (tertiary/aromatic N) is 1. The van der Waals surface area contributed by atoms with Crippen LogP contribution in [0.2, 0.25) is 0 Å². The van der Waals surface area contributed by atoms with E-state index in [-0.39, 0.29) is 12.3 Å². The fraction of sp³-hybridized carbons (Fsp3) is 0.393. The van der Waals surface area contributed by atoms with Gasteiger partial charge >= 0.3 is 5.97 Å². The summed E-state index contributed by atoms with van der Waals surface area (Å²) in [6.45, 7) is 4.48.